The molecule has 112 valence electrons. The zero-order chi connectivity index (χ0) is 15.1. The molecule has 2 nitrogen and oxygen atoms in total. The van der Waals surface area contributed by atoms with E-state index in [1.54, 1.807) is 0 Å². The summed E-state index contributed by atoms with van der Waals surface area (Å²) < 4.78 is 0.0895. The molecule has 19 heavy (non-hydrogen) atoms. The molecule has 0 unspecified atom stereocenters. The molecule has 0 amide bonds. The number of carbonyl (C=O) groups excluding carboxylic acids is 2. The molecule has 0 saturated heterocycles. The van der Waals surface area contributed by atoms with Gasteiger partial charge >= 0.3 is 0 Å². The lowest BCUT2D eigenvalue weighted by atomic mass is 10.1. The van der Waals surface area contributed by atoms with E-state index in [9.17, 15) is 9.59 Å². The monoisotopic (exact) mass is 368 g/mol. The van der Waals surface area contributed by atoms with Crippen LogP contribution >= 0.6 is 58.0 Å². The summed E-state index contributed by atoms with van der Waals surface area (Å²) >= 11 is 25.2. The molecule has 0 aromatic carbocycles. The first kappa shape index (κ1) is 21.8. The Hall–Kier alpha value is 0.530. The first-order chi connectivity index (χ1) is 8.90. The van der Waals surface area contributed by atoms with Crippen LogP contribution in [0.25, 0.3) is 0 Å². The molecule has 0 aromatic heterocycles. The van der Waals surface area contributed by atoms with Gasteiger partial charge in [0.25, 0.3) is 0 Å². The van der Waals surface area contributed by atoms with Gasteiger partial charge < -0.3 is 0 Å². The van der Waals surface area contributed by atoms with Gasteiger partial charge in [-0.1, -0.05) is 60.5 Å². The molecule has 0 bridgehead atoms. The number of rotatable bonds is 9. The third-order valence-corrected chi connectivity index (χ3v) is 3.12. The van der Waals surface area contributed by atoms with Crippen LogP contribution in [0.2, 0.25) is 0 Å². The molecule has 0 aliphatic rings. The van der Waals surface area contributed by atoms with Crippen molar-refractivity contribution in [3.63, 3.8) is 0 Å². The summed E-state index contributed by atoms with van der Waals surface area (Å²) in [5, 5.41) is -0.504. The minimum Gasteiger partial charge on any atom is -0.281 e. The van der Waals surface area contributed by atoms with Crippen molar-refractivity contribution < 1.29 is 9.59 Å². The van der Waals surface area contributed by atoms with Crippen LogP contribution in [-0.2, 0) is 9.59 Å². The predicted octanol–water partition coefficient (Wildman–Crippen LogP) is 6.14. The molecule has 7 heteroatoms. The van der Waals surface area contributed by atoms with Crippen LogP contribution in [0, 0.1) is 0 Å². The Labute approximate surface area is 139 Å². The van der Waals surface area contributed by atoms with E-state index in [1.165, 1.54) is 0 Å². The number of hydrogen-bond donors (Lipinski definition) is 0. The molecule has 0 aromatic rings. The first-order valence-corrected chi connectivity index (χ1v) is 7.83. The SMILES string of the molecule is ClC=C(Cl)Cl.O=C(Cl)CCCCCCCCC(=O)Cl. The summed E-state index contributed by atoms with van der Waals surface area (Å²) in [6.45, 7) is 0. The predicted molar refractivity (Wildman–Crippen MR) is 84.3 cm³/mol. The second kappa shape index (κ2) is 16.6. The lowest BCUT2D eigenvalue weighted by molar-refractivity contribution is -0.112. The van der Waals surface area contributed by atoms with E-state index in [1.807, 2.05) is 0 Å². The van der Waals surface area contributed by atoms with E-state index in [0.29, 0.717) is 12.8 Å². The summed E-state index contributed by atoms with van der Waals surface area (Å²) in [6, 6.07) is 0. The summed E-state index contributed by atoms with van der Waals surface area (Å²) in [5.74, 6) is 0. The van der Waals surface area contributed by atoms with Gasteiger partial charge in [0.2, 0.25) is 10.5 Å². The maximum Gasteiger partial charge on any atom is 0.221 e. The van der Waals surface area contributed by atoms with Crippen molar-refractivity contribution in [1.82, 2.24) is 0 Å². The Morgan fingerprint density at radius 1 is 0.684 bits per heavy atom. The van der Waals surface area contributed by atoms with E-state index in [0.717, 1.165) is 44.1 Å². The summed E-state index contributed by atoms with van der Waals surface area (Å²) in [5.41, 5.74) is 1.09. The molecule has 0 saturated carbocycles. The van der Waals surface area contributed by atoms with Crippen molar-refractivity contribution >= 4 is 68.5 Å². The highest BCUT2D eigenvalue weighted by atomic mass is 35.5. The standard InChI is InChI=1S/C10H16Cl2O2.C2HCl3/c11-9(13)7-5-3-1-2-4-6-8-10(12)14;3-1-2(4)5/h1-8H2;1H. The molecule has 0 rings (SSSR count). The van der Waals surface area contributed by atoms with Gasteiger partial charge in [0.15, 0.2) is 0 Å². The first-order valence-electron chi connectivity index (χ1n) is 5.88. The van der Waals surface area contributed by atoms with Gasteiger partial charge in [0, 0.05) is 18.4 Å². The fourth-order valence-corrected chi connectivity index (χ4v) is 1.50. The number of carbonyl (C=O) groups is 2. The maximum atomic E-state index is 10.4. The molecular formula is C12H17Cl5O2. The molecular weight excluding hydrogens is 353 g/mol. The van der Waals surface area contributed by atoms with Gasteiger partial charge in [0.1, 0.15) is 4.49 Å². The smallest absolute Gasteiger partial charge is 0.221 e. The van der Waals surface area contributed by atoms with Gasteiger partial charge in [-0.3, -0.25) is 9.59 Å². The minimum absolute atomic E-state index is 0.0895. The van der Waals surface area contributed by atoms with Gasteiger partial charge in [-0.05, 0) is 36.0 Å². The van der Waals surface area contributed by atoms with Crippen LogP contribution in [0.1, 0.15) is 51.4 Å². The van der Waals surface area contributed by atoms with Crippen LogP contribution in [0.15, 0.2) is 10.0 Å². The Balaban J connectivity index is 0. The average molecular weight is 371 g/mol. The molecule has 0 radical (unpaired) electrons. The van der Waals surface area contributed by atoms with Crippen LogP contribution in [0.4, 0.5) is 0 Å². The summed E-state index contributed by atoms with van der Waals surface area (Å²) in [4.78, 5) is 20.7. The fraction of sp³-hybridized carbons (Fsp3) is 0.667. The highest BCUT2D eigenvalue weighted by Crippen LogP contribution is 2.10. The van der Waals surface area contributed by atoms with Crippen LogP contribution in [0.3, 0.4) is 0 Å². The Kier molecular flexibility index (Phi) is 19.0. The fourth-order valence-electron chi connectivity index (χ4n) is 1.24. The number of hydrogen-bond acceptors (Lipinski definition) is 2. The van der Waals surface area contributed by atoms with Crippen molar-refractivity contribution in [2.45, 2.75) is 51.4 Å². The highest BCUT2D eigenvalue weighted by molar-refractivity contribution is 6.63. The minimum atomic E-state index is -0.252. The Morgan fingerprint density at radius 3 is 1.16 bits per heavy atom. The van der Waals surface area contributed by atoms with Crippen LogP contribution in [-0.4, -0.2) is 10.5 Å². The van der Waals surface area contributed by atoms with Gasteiger partial charge in [-0.15, -0.1) is 0 Å². The average Bonchev–Trinajstić information content (AvgIpc) is 2.32. The van der Waals surface area contributed by atoms with Crippen LogP contribution < -0.4 is 0 Å². The molecule has 0 aliphatic heterocycles. The Morgan fingerprint density at radius 2 is 0.947 bits per heavy atom. The molecule has 0 N–H and O–H groups in total. The lowest BCUT2D eigenvalue weighted by Gasteiger charge is -1.98. The van der Waals surface area contributed by atoms with Gasteiger partial charge in [-0.25, -0.2) is 0 Å². The van der Waals surface area contributed by atoms with Gasteiger partial charge in [-0.2, -0.15) is 0 Å². The highest BCUT2D eigenvalue weighted by Gasteiger charge is 1.97. The van der Waals surface area contributed by atoms with E-state index in [-0.39, 0.29) is 15.0 Å². The second-order valence-corrected chi connectivity index (χ2v) is 5.80. The van der Waals surface area contributed by atoms with Crippen molar-refractivity contribution in [3.05, 3.63) is 10.0 Å². The van der Waals surface area contributed by atoms with Crippen molar-refractivity contribution in [3.8, 4) is 0 Å². The van der Waals surface area contributed by atoms with E-state index in [2.05, 4.69) is 0 Å². The van der Waals surface area contributed by atoms with E-state index < -0.39 is 0 Å². The maximum absolute atomic E-state index is 10.4. The lowest BCUT2D eigenvalue weighted by Crippen LogP contribution is -1.88. The molecule has 0 fully saturated rings. The van der Waals surface area contributed by atoms with Crippen molar-refractivity contribution in [2.75, 3.05) is 0 Å². The largest absolute Gasteiger partial charge is 0.281 e. The number of halogens is 5. The normalized spacial score (nSPS) is 9.32. The number of unbranched alkanes of at least 4 members (excludes halogenated alkanes) is 5. The topological polar surface area (TPSA) is 34.1 Å². The van der Waals surface area contributed by atoms with E-state index in [4.69, 9.17) is 58.0 Å². The molecule has 0 spiro atoms. The molecule has 0 atom stereocenters. The third-order valence-electron chi connectivity index (χ3n) is 2.08. The van der Waals surface area contributed by atoms with Crippen molar-refractivity contribution in [2.24, 2.45) is 0 Å². The molecule has 0 aliphatic carbocycles. The summed E-state index contributed by atoms with van der Waals surface area (Å²) in [7, 11) is 0. The van der Waals surface area contributed by atoms with Gasteiger partial charge in [0.05, 0.1) is 0 Å². The molecule has 0 heterocycles. The van der Waals surface area contributed by atoms with E-state index >= 15 is 0 Å². The third kappa shape index (κ3) is 27.7. The van der Waals surface area contributed by atoms with Crippen LogP contribution in [0.5, 0.6) is 0 Å². The second-order valence-electron chi connectivity index (χ2n) is 3.73. The summed E-state index contributed by atoms with van der Waals surface area (Å²) in [6.07, 6.45) is 6.96. The quantitative estimate of drug-likeness (QED) is 0.361. The Bertz CT molecular complexity index is 255. The zero-order valence-corrected chi connectivity index (χ0v) is 14.2. The zero-order valence-electron chi connectivity index (χ0n) is 10.4. The van der Waals surface area contributed by atoms with Crippen molar-refractivity contribution in [1.29, 1.82) is 0 Å².